The first-order valence-corrected chi connectivity index (χ1v) is 8.95. The fraction of sp³-hybridized carbons (Fsp3) is 0.700. The molecule has 2 aliphatic carbocycles. The Bertz CT molecular complexity index is 588. The molecule has 0 unspecified atom stereocenters. The summed E-state index contributed by atoms with van der Waals surface area (Å²) in [7, 11) is 0. The number of fused-ring (bicyclic) bond motifs is 1. The van der Waals surface area contributed by atoms with Crippen molar-refractivity contribution in [2.75, 3.05) is 0 Å². The van der Waals surface area contributed by atoms with Gasteiger partial charge in [0.25, 0.3) is 0 Å². The van der Waals surface area contributed by atoms with Crippen molar-refractivity contribution in [1.29, 1.82) is 0 Å². The van der Waals surface area contributed by atoms with Crippen LogP contribution in [0.2, 0.25) is 0 Å². The summed E-state index contributed by atoms with van der Waals surface area (Å²) in [6.07, 6.45) is 8.81. The zero-order valence-electron chi connectivity index (χ0n) is 15.3. The minimum absolute atomic E-state index is 0.00581. The first-order chi connectivity index (χ1) is 11.1. The van der Waals surface area contributed by atoms with Gasteiger partial charge in [0.2, 0.25) is 0 Å². The number of carboxylic acid groups (broad SMARTS) is 2. The Morgan fingerprint density at radius 3 is 2.54 bits per heavy atom. The van der Waals surface area contributed by atoms with Crippen molar-refractivity contribution >= 4 is 11.9 Å². The molecule has 0 heterocycles. The maximum atomic E-state index is 11.4. The first kappa shape index (κ1) is 18.8. The second kappa shape index (κ2) is 6.73. The minimum atomic E-state index is -1.18. The molecule has 2 aliphatic rings. The topological polar surface area (TPSA) is 74.6 Å². The van der Waals surface area contributed by atoms with Crippen LogP contribution in [0.5, 0.6) is 0 Å². The summed E-state index contributed by atoms with van der Waals surface area (Å²) in [5.74, 6) is -1.26. The zero-order chi connectivity index (χ0) is 18.1. The van der Waals surface area contributed by atoms with E-state index in [1.165, 1.54) is 12.0 Å². The molecule has 0 radical (unpaired) electrons. The van der Waals surface area contributed by atoms with Gasteiger partial charge in [-0.3, -0.25) is 0 Å². The minimum Gasteiger partial charge on any atom is -0.478 e. The predicted octanol–water partition coefficient (Wildman–Crippen LogP) is 4.66. The van der Waals surface area contributed by atoms with E-state index in [-0.39, 0.29) is 16.4 Å². The Kier molecular flexibility index (Phi) is 5.26. The molecule has 0 aromatic rings. The van der Waals surface area contributed by atoms with Gasteiger partial charge in [0, 0.05) is 11.6 Å². The van der Waals surface area contributed by atoms with Crippen molar-refractivity contribution < 1.29 is 19.8 Å². The average molecular weight is 334 g/mol. The van der Waals surface area contributed by atoms with Gasteiger partial charge < -0.3 is 10.2 Å². The highest BCUT2D eigenvalue weighted by Gasteiger charge is 2.52. The largest absolute Gasteiger partial charge is 0.478 e. The Morgan fingerprint density at radius 1 is 1.29 bits per heavy atom. The zero-order valence-corrected chi connectivity index (χ0v) is 15.3. The maximum absolute atomic E-state index is 11.4. The lowest BCUT2D eigenvalue weighted by Gasteiger charge is -2.58. The van der Waals surface area contributed by atoms with E-state index in [4.69, 9.17) is 5.11 Å². The van der Waals surface area contributed by atoms with Crippen LogP contribution in [0.4, 0.5) is 0 Å². The molecule has 4 atom stereocenters. The number of rotatable bonds is 5. The predicted molar refractivity (Wildman–Crippen MR) is 93.7 cm³/mol. The summed E-state index contributed by atoms with van der Waals surface area (Å²) in [6, 6.07) is 0. The van der Waals surface area contributed by atoms with E-state index in [1.54, 1.807) is 0 Å². The van der Waals surface area contributed by atoms with Crippen molar-refractivity contribution in [3.8, 4) is 0 Å². The highest BCUT2D eigenvalue weighted by Crippen LogP contribution is 2.61. The van der Waals surface area contributed by atoms with Crippen molar-refractivity contribution in [1.82, 2.24) is 0 Å². The van der Waals surface area contributed by atoms with Gasteiger partial charge >= 0.3 is 11.9 Å². The van der Waals surface area contributed by atoms with Crippen LogP contribution in [0.15, 0.2) is 23.3 Å². The van der Waals surface area contributed by atoms with Gasteiger partial charge in [-0.25, -0.2) is 9.59 Å². The van der Waals surface area contributed by atoms with Gasteiger partial charge in [0.1, 0.15) is 0 Å². The van der Waals surface area contributed by atoms with Gasteiger partial charge in [-0.15, -0.1) is 0 Å². The van der Waals surface area contributed by atoms with Gasteiger partial charge in [-0.2, -0.15) is 0 Å². The molecule has 0 saturated heterocycles. The number of carbonyl (C=O) groups is 2. The average Bonchev–Trinajstić information content (AvgIpc) is 2.50. The lowest BCUT2D eigenvalue weighted by atomic mass is 9.47. The maximum Gasteiger partial charge on any atom is 0.331 e. The Labute approximate surface area is 144 Å². The molecule has 2 rings (SSSR count). The number of aliphatic carboxylic acids is 2. The second-order valence-electron chi connectivity index (χ2n) is 8.19. The molecule has 134 valence electrons. The van der Waals surface area contributed by atoms with Crippen molar-refractivity contribution in [3.05, 3.63) is 23.3 Å². The lowest BCUT2D eigenvalue weighted by Crippen LogP contribution is -2.49. The van der Waals surface area contributed by atoms with Crippen LogP contribution in [-0.2, 0) is 9.59 Å². The van der Waals surface area contributed by atoms with E-state index < -0.39 is 11.9 Å². The third-order valence-corrected chi connectivity index (χ3v) is 7.10. The number of hydrogen-bond acceptors (Lipinski definition) is 2. The summed E-state index contributed by atoms with van der Waals surface area (Å²) in [4.78, 5) is 22.2. The molecule has 0 aromatic carbocycles. The molecule has 0 aromatic heterocycles. The fourth-order valence-electron chi connectivity index (χ4n) is 5.13. The van der Waals surface area contributed by atoms with E-state index in [1.807, 2.05) is 0 Å². The molecule has 0 amide bonds. The summed E-state index contributed by atoms with van der Waals surface area (Å²) >= 11 is 0. The van der Waals surface area contributed by atoms with Crippen molar-refractivity contribution in [2.24, 2.45) is 22.7 Å². The van der Waals surface area contributed by atoms with E-state index >= 15 is 0 Å². The molecule has 0 aliphatic heterocycles. The molecule has 0 spiro atoms. The van der Waals surface area contributed by atoms with Crippen LogP contribution >= 0.6 is 0 Å². The summed E-state index contributed by atoms with van der Waals surface area (Å²) in [5, 5.41) is 18.2. The SMILES string of the molecule is CC1=CCC[C@@H]2[C@@](C)(CC/C(=C\C(=O)O)C(=O)O)[C@H](C)CC[C@]12C. The molecule has 0 bridgehead atoms. The van der Waals surface area contributed by atoms with E-state index in [2.05, 4.69) is 33.8 Å². The number of allylic oxidation sites excluding steroid dienone is 2. The fourth-order valence-corrected chi connectivity index (χ4v) is 5.13. The molecule has 24 heavy (non-hydrogen) atoms. The molecule has 4 heteroatoms. The third kappa shape index (κ3) is 3.28. The Balaban J connectivity index is 2.27. The standard InChI is InChI=1S/C20H30O4/c1-13-6-5-7-16-19(13,3)10-8-14(2)20(16,4)11-9-15(18(23)24)12-17(21)22/h6,12,14,16H,5,7-11H2,1-4H3,(H,21,22)(H,23,24)/b15-12+/t14-,16+,19-,20+/m1/s1. The summed E-state index contributed by atoms with van der Waals surface area (Å²) in [5.41, 5.74) is 1.71. The molecule has 1 saturated carbocycles. The molecule has 4 nitrogen and oxygen atoms in total. The Hall–Kier alpha value is -1.58. The van der Waals surface area contributed by atoms with Crippen LogP contribution in [0.3, 0.4) is 0 Å². The quantitative estimate of drug-likeness (QED) is 0.566. The van der Waals surface area contributed by atoms with Crippen LogP contribution in [0.25, 0.3) is 0 Å². The van der Waals surface area contributed by atoms with Crippen LogP contribution in [-0.4, -0.2) is 22.2 Å². The van der Waals surface area contributed by atoms with E-state index in [9.17, 15) is 14.7 Å². The second-order valence-corrected chi connectivity index (χ2v) is 8.19. The van der Waals surface area contributed by atoms with Crippen LogP contribution in [0, 0.1) is 22.7 Å². The molecule has 2 N–H and O–H groups in total. The van der Waals surface area contributed by atoms with Crippen molar-refractivity contribution in [3.63, 3.8) is 0 Å². The van der Waals surface area contributed by atoms with Gasteiger partial charge in [0.05, 0.1) is 0 Å². The van der Waals surface area contributed by atoms with Gasteiger partial charge in [0.15, 0.2) is 0 Å². The van der Waals surface area contributed by atoms with Crippen molar-refractivity contribution in [2.45, 2.75) is 66.2 Å². The van der Waals surface area contributed by atoms with E-state index in [0.29, 0.717) is 18.3 Å². The monoisotopic (exact) mass is 334 g/mol. The molecular formula is C20H30O4. The normalized spacial score (nSPS) is 36.7. The smallest absolute Gasteiger partial charge is 0.331 e. The highest BCUT2D eigenvalue weighted by molar-refractivity contribution is 5.94. The molecule has 1 fully saturated rings. The number of carboxylic acids is 2. The van der Waals surface area contributed by atoms with Crippen LogP contribution in [0.1, 0.15) is 66.2 Å². The summed E-state index contributed by atoms with van der Waals surface area (Å²) < 4.78 is 0. The first-order valence-electron chi connectivity index (χ1n) is 8.95. The highest BCUT2D eigenvalue weighted by atomic mass is 16.4. The lowest BCUT2D eigenvalue weighted by molar-refractivity contribution is -0.135. The van der Waals surface area contributed by atoms with E-state index in [0.717, 1.165) is 31.8 Å². The van der Waals surface area contributed by atoms with Gasteiger partial charge in [-0.1, -0.05) is 32.4 Å². The summed E-state index contributed by atoms with van der Waals surface area (Å²) in [6.45, 7) is 9.15. The van der Waals surface area contributed by atoms with Crippen LogP contribution < -0.4 is 0 Å². The third-order valence-electron chi connectivity index (χ3n) is 7.10. The Morgan fingerprint density at radius 2 is 1.96 bits per heavy atom. The molecular weight excluding hydrogens is 304 g/mol. The van der Waals surface area contributed by atoms with Gasteiger partial charge in [-0.05, 0) is 68.1 Å². The number of hydrogen-bond donors (Lipinski definition) is 2.